The third-order valence-corrected chi connectivity index (χ3v) is 5.47. The second-order valence-corrected chi connectivity index (χ2v) is 7.38. The average molecular weight is 355 g/mol. The lowest BCUT2D eigenvalue weighted by Gasteiger charge is -2.33. The van der Waals surface area contributed by atoms with E-state index in [1.165, 1.54) is 37.7 Å². The van der Waals surface area contributed by atoms with Gasteiger partial charge in [-0.15, -0.1) is 0 Å². The van der Waals surface area contributed by atoms with Crippen LogP contribution in [0.1, 0.15) is 43.7 Å². The summed E-state index contributed by atoms with van der Waals surface area (Å²) in [5.74, 6) is 0.425. The van der Waals surface area contributed by atoms with E-state index < -0.39 is 0 Å². The molecule has 1 aliphatic carbocycles. The molecule has 21 heavy (non-hydrogen) atoms. The molecular weight excluding hydrogens is 331 g/mol. The quantitative estimate of drug-likeness (QED) is 0.874. The Bertz CT molecular complexity index is 490. The Morgan fingerprint density at radius 3 is 2.81 bits per heavy atom. The fraction of sp³-hybridized carbons (Fsp3) is 0.647. The molecule has 3 rings (SSSR count). The molecule has 1 heterocycles. The van der Waals surface area contributed by atoms with Crippen molar-refractivity contribution in [3.63, 3.8) is 0 Å². The third kappa shape index (κ3) is 3.85. The fourth-order valence-corrected chi connectivity index (χ4v) is 4.06. The van der Waals surface area contributed by atoms with E-state index in [2.05, 4.69) is 33.2 Å². The van der Waals surface area contributed by atoms with Gasteiger partial charge in [0.05, 0.1) is 0 Å². The number of nitrogens with one attached hydrogen (secondary N) is 1. The summed E-state index contributed by atoms with van der Waals surface area (Å²) in [5.41, 5.74) is 1.23. The van der Waals surface area contributed by atoms with E-state index in [9.17, 15) is 4.39 Å². The van der Waals surface area contributed by atoms with Crippen LogP contribution < -0.4 is 5.32 Å². The monoisotopic (exact) mass is 354 g/mol. The summed E-state index contributed by atoms with van der Waals surface area (Å²) < 4.78 is 14.3. The van der Waals surface area contributed by atoms with Crippen molar-refractivity contribution < 1.29 is 4.39 Å². The summed E-state index contributed by atoms with van der Waals surface area (Å²) in [6, 6.07) is 6.25. The number of hydrogen-bond donors (Lipinski definition) is 1. The van der Waals surface area contributed by atoms with Crippen LogP contribution in [0, 0.1) is 11.7 Å². The first-order valence-corrected chi connectivity index (χ1v) is 8.83. The average Bonchev–Trinajstić information content (AvgIpc) is 3.26. The van der Waals surface area contributed by atoms with E-state index in [1.54, 1.807) is 12.1 Å². The second kappa shape index (κ2) is 6.76. The smallest absolute Gasteiger partial charge is 0.124 e. The van der Waals surface area contributed by atoms with Crippen LogP contribution >= 0.6 is 15.9 Å². The van der Waals surface area contributed by atoms with Crippen LogP contribution in [-0.4, -0.2) is 31.1 Å². The van der Waals surface area contributed by atoms with E-state index >= 15 is 0 Å². The molecule has 1 aromatic carbocycles. The molecule has 2 unspecified atom stereocenters. The lowest BCUT2D eigenvalue weighted by Crippen LogP contribution is -2.35. The summed E-state index contributed by atoms with van der Waals surface area (Å²) in [5, 5.41) is 3.69. The lowest BCUT2D eigenvalue weighted by molar-refractivity contribution is 0.188. The van der Waals surface area contributed by atoms with Crippen molar-refractivity contribution in [2.24, 2.45) is 5.92 Å². The first-order valence-electron chi connectivity index (χ1n) is 8.03. The largest absolute Gasteiger partial charge is 0.314 e. The summed E-state index contributed by atoms with van der Waals surface area (Å²) in [6.07, 6.45) is 6.45. The van der Waals surface area contributed by atoms with Gasteiger partial charge in [0.15, 0.2) is 0 Å². The zero-order valence-corrected chi connectivity index (χ0v) is 14.2. The minimum atomic E-state index is -0.172. The Kier molecular flexibility index (Phi) is 4.97. The number of likely N-dealkylation sites (tertiary alicyclic amines) is 1. The van der Waals surface area contributed by atoms with Gasteiger partial charge in [-0.1, -0.05) is 28.4 Å². The topological polar surface area (TPSA) is 15.3 Å². The predicted octanol–water partition coefficient (Wildman–Crippen LogP) is 4.11. The van der Waals surface area contributed by atoms with Crippen LogP contribution in [0.25, 0.3) is 0 Å². The van der Waals surface area contributed by atoms with Gasteiger partial charge in [0.2, 0.25) is 0 Å². The molecule has 1 aliphatic heterocycles. The molecule has 0 amide bonds. The van der Waals surface area contributed by atoms with Gasteiger partial charge in [-0.05, 0) is 62.9 Å². The SMILES string of the molecule is CN1CCCCC(CNC2CC2)C1c1ccc(F)cc1Br. The molecule has 4 heteroatoms. The molecular formula is C17H24BrFN2. The normalized spacial score (nSPS) is 27.6. The number of rotatable bonds is 4. The van der Waals surface area contributed by atoms with E-state index in [0.717, 1.165) is 23.6 Å². The zero-order chi connectivity index (χ0) is 14.8. The number of halogens is 2. The summed E-state index contributed by atoms with van der Waals surface area (Å²) in [7, 11) is 2.20. The van der Waals surface area contributed by atoms with E-state index in [0.29, 0.717) is 12.0 Å². The number of nitrogens with zero attached hydrogens (tertiary/aromatic N) is 1. The highest BCUT2D eigenvalue weighted by Crippen LogP contribution is 2.38. The highest BCUT2D eigenvalue weighted by atomic mass is 79.9. The van der Waals surface area contributed by atoms with Crippen LogP contribution in [0.4, 0.5) is 4.39 Å². The molecule has 0 spiro atoms. The molecule has 2 fully saturated rings. The van der Waals surface area contributed by atoms with Crippen LogP contribution in [0.3, 0.4) is 0 Å². The van der Waals surface area contributed by atoms with Crippen molar-refractivity contribution in [3.05, 3.63) is 34.1 Å². The Hall–Kier alpha value is -0.450. The minimum absolute atomic E-state index is 0.172. The summed E-state index contributed by atoms with van der Waals surface area (Å²) >= 11 is 3.57. The van der Waals surface area contributed by atoms with Gasteiger partial charge in [0, 0.05) is 23.1 Å². The van der Waals surface area contributed by atoms with Gasteiger partial charge in [0.25, 0.3) is 0 Å². The number of hydrogen-bond acceptors (Lipinski definition) is 2. The van der Waals surface area contributed by atoms with E-state index in [-0.39, 0.29) is 5.82 Å². The van der Waals surface area contributed by atoms with Crippen molar-refractivity contribution in [3.8, 4) is 0 Å². The van der Waals surface area contributed by atoms with Gasteiger partial charge in [-0.25, -0.2) is 4.39 Å². The molecule has 2 atom stereocenters. The van der Waals surface area contributed by atoms with Crippen LogP contribution in [0.15, 0.2) is 22.7 Å². The molecule has 1 saturated heterocycles. The van der Waals surface area contributed by atoms with Gasteiger partial charge in [0.1, 0.15) is 5.82 Å². The molecule has 1 saturated carbocycles. The Labute approximate surface area is 135 Å². The van der Waals surface area contributed by atoms with Crippen molar-refractivity contribution >= 4 is 15.9 Å². The zero-order valence-electron chi connectivity index (χ0n) is 12.6. The highest BCUT2D eigenvalue weighted by molar-refractivity contribution is 9.10. The van der Waals surface area contributed by atoms with Crippen molar-refractivity contribution in [2.45, 2.75) is 44.2 Å². The lowest BCUT2D eigenvalue weighted by atomic mass is 9.89. The van der Waals surface area contributed by atoms with Crippen molar-refractivity contribution in [1.82, 2.24) is 10.2 Å². The highest BCUT2D eigenvalue weighted by Gasteiger charge is 2.31. The Balaban J connectivity index is 1.83. The van der Waals surface area contributed by atoms with Crippen LogP contribution in [0.2, 0.25) is 0 Å². The minimum Gasteiger partial charge on any atom is -0.314 e. The van der Waals surface area contributed by atoms with E-state index in [4.69, 9.17) is 0 Å². The molecule has 0 radical (unpaired) electrons. The maximum atomic E-state index is 13.4. The first-order chi connectivity index (χ1) is 10.1. The maximum absolute atomic E-state index is 13.4. The molecule has 116 valence electrons. The fourth-order valence-electron chi connectivity index (χ4n) is 3.48. The second-order valence-electron chi connectivity index (χ2n) is 6.53. The van der Waals surface area contributed by atoms with Gasteiger partial charge in [-0.2, -0.15) is 0 Å². The summed E-state index contributed by atoms with van der Waals surface area (Å²) in [6.45, 7) is 2.19. The molecule has 0 bridgehead atoms. The third-order valence-electron chi connectivity index (χ3n) is 4.78. The predicted molar refractivity (Wildman–Crippen MR) is 87.8 cm³/mol. The van der Waals surface area contributed by atoms with Crippen LogP contribution in [-0.2, 0) is 0 Å². The molecule has 0 aromatic heterocycles. The van der Waals surface area contributed by atoms with Crippen molar-refractivity contribution in [1.29, 1.82) is 0 Å². The van der Waals surface area contributed by atoms with Gasteiger partial charge >= 0.3 is 0 Å². The molecule has 1 N–H and O–H groups in total. The van der Waals surface area contributed by atoms with Crippen molar-refractivity contribution in [2.75, 3.05) is 20.1 Å². The standard InChI is InChI=1S/C17H24BrFN2/c1-21-9-3-2-4-12(11-20-14-6-7-14)17(21)15-8-5-13(19)10-16(15)18/h5,8,10,12,14,17,20H,2-4,6-7,9,11H2,1H3. The Morgan fingerprint density at radius 2 is 2.10 bits per heavy atom. The molecule has 1 aromatic rings. The Morgan fingerprint density at radius 1 is 1.29 bits per heavy atom. The first kappa shape index (κ1) is 15.4. The van der Waals surface area contributed by atoms with Gasteiger partial charge < -0.3 is 5.32 Å². The molecule has 2 nitrogen and oxygen atoms in total. The van der Waals surface area contributed by atoms with Gasteiger partial charge in [-0.3, -0.25) is 4.90 Å². The summed E-state index contributed by atoms with van der Waals surface area (Å²) in [4.78, 5) is 2.45. The van der Waals surface area contributed by atoms with Crippen LogP contribution in [0.5, 0.6) is 0 Å². The molecule has 2 aliphatic rings. The number of benzene rings is 1. The van der Waals surface area contributed by atoms with E-state index in [1.807, 2.05) is 6.07 Å². The maximum Gasteiger partial charge on any atom is 0.124 e.